The van der Waals surface area contributed by atoms with Crippen molar-refractivity contribution in [1.29, 1.82) is 0 Å². The van der Waals surface area contributed by atoms with Crippen molar-refractivity contribution >= 4 is 0 Å². The zero-order valence-electron chi connectivity index (χ0n) is 12.1. The molecule has 2 aromatic heterocycles. The van der Waals surface area contributed by atoms with Gasteiger partial charge in [-0.3, -0.25) is 9.88 Å². The minimum absolute atomic E-state index is 0.563. The predicted molar refractivity (Wildman–Crippen MR) is 73.8 cm³/mol. The van der Waals surface area contributed by atoms with E-state index in [-0.39, 0.29) is 0 Å². The monoisotopic (exact) mass is 308 g/mol. The Labute approximate surface area is 126 Å². The molecule has 0 fully saturated rings. The highest BCUT2D eigenvalue weighted by atomic mass is 19.4. The molecule has 3 heterocycles. The quantitative estimate of drug-likeness (QED) is 0.855. The molecular weight excluding hydrogens is 293 g/mol. The molecule has 1 aliphatic heterocycles. The molecule has 22 heavy (non-hydrogen) atoms. The molecule has 0 saturated heterocycles. The molecule has 0 spiro atoms. The van der Waals surface area contributed by atoms with E-state index in [1.807, 2.05) is 13.1 Å². The number of fused-ring (bicyclic) bond motifs is 1. The third kappa shape index (κ3) is 3.24. The van der Waals surface area contributed by atoms with Gasteiger partial charge < -0.3 is 0 Å². The number of rotatable bonds is 2. The van der Waals surface area contributed by atoms with Crippen molar-refractivity contribution in [2.75, 3.05) is 6.54 Å². The molecule has 3 rings (SSSR count). The van der Waals surface area contributed by atoms with Crippen LogP contribution < -0.4 is 0 Å². The van der Waals surface area contributed by atoms with Crippen molar-refractivity contribution in [3.8, 4) is 0 Å². The topological polar surface area (TPSA) is 41.9 Å². The van der Waals surface area contributed by atoms with Gasteiger partial charge in [-0.05, 0) is 30.5 Å². The molecule has 0 unspecified atom stereocenters. The number of nitrogens with zero attached hydrogens (tertiary/aromatic N) is 4. The molecule has 4 nitrogen and oxygen atoms in total. The molecular formula is C15H15F3N4. The highest BCUT2D eigenvalue weighted by Gasteiger charge is 2.32. The minimum Gasteiger partial charge on any atom is -0.293 e. The summed E-state index contributed by atoms with van der Waals surface area (Å²) in [6.45, 7) is 3.92. The van der Waals surface area contributed by atoms with Crippen LogP contribution >= 0.6 is 0 Å². The van der Waals surface area contributed by atoms with Gasteiger partial charge >= 0.3 is 6.18 Å². The fraction of sp³-hybridized carbons (Fsp3) is 0.400. The van der Waals surface area contributed by atoms with Crippen LogP contribution in [0.5, 0.6) is 0 Å². The molecule has 0 aromatic carbocycles. The van der Waals surface area contributed by atoms with Crippen LogP contribution in [0.3, 0.4) is 0 Å². The van der Waals surface area contributed by atoms with Crippen LogP contribution in [0.1, 0.15) is 28.3 Å². The molecule has 1 aliphatic rings. The second-order valence-corrected chi connectivity index (χ2v) is 5.40. The van der Waals surface area contributed by atoms with E-state index in [1.165, 1.54) is 12.3 Å². The SMILES string of the molecule is Cc1ncc2c(n1)CN(Cc1ccc(C(F)(F)F)nc1)CC2. The van der Waals surface area contributed by atoms with E-state index in [9.17, 15) is 13.2 Å². The minimum atomic E-state index is -4.39. The molecule has 0 bridgehead atoms. The fourth-order valence-corrected chi connectivity index (χ4v) is 2.54. The maximum absolute atomic E-state index is 12.5. The van der Waals surface area contributed by atoms with Crippen molar-refractivity contribution < 1.29 is 13.2 Å². The zero-order chi connectivity index (χ0) is 15.7. The number of aromatic nitrogens is 3. The van der Waals surface area contributed by atoms with Gasteiger partial charge in [0.25, 0.3) is 0 Å². The van der Waals surface area contributed by atoms with Crippen molar-refractivity contribution in [2.45, 2.75) is 32.6 Å². The third-order valence-electron chi connectivity index (χ3n) is 3.67. The van der Waals surface area contributed by atoms with E-state index < -0.39 is 11.9 Å². The lowest BCUT2D eigenvalue weighted by atomic mass is 10.1. The highest BCUT2D eigenvalue weighted by Crippen LogP contribution is 2.27. The van der Waals surface area contributed by atoms with E-state index >= 15 is 0 Å². The van der Waals surface area contributed by atoms with Crippen molar-refractivity contribution in [3.05, 3.63) is 52.9 Å². The lowest BCUT2D eigenvalue weighted by molar-refractivity contribution is -0.141. The molecule has 0 aliphatic carbocycles. The van der Waals surface area contributed by atoms with Crippen LogP contribution in [0.25, 0.3) is 0 Å². The van der Waals surface area contributed by atoms with E-state index in [0.717, 1.165) is 41.7 Å². The first-order chi connectivity index (χ1) is 10.4. The van der Waals surface area contributed by atoms with E-state index in [4.69, 9.17) is 0 Å². The summed E-state index contributed by atoms with van der Waals surface area (Å²) >= 11 is 0. The lowest BCUT2D eigenvalue weighted by Crippen LogP contribution is -2.31. The average Bonchev–Trinajstić information content (AvgIpc) is 2.46. The first kappa shape index (κ1) is 14.9. The maximum atomic E-state index is 12.5. The van der Waals surface area contributed by atoms with Crippen LogP contribution in [0.4, 0.5) is 13.2 Å². The van der Waals surface area contributed by atoms with E-state index in [0.29, 0.717) is 13.1 Å². The fourth-order valence-electron chi connectivity index (χ4n) is 2.54. The van der Waals surface area contributed by atoms with Crippen LogP contribution in [0.15, 0.2) is 24.5 Å². The van der Waals surface area contributed by atoms with Gasteiger partial charge in [-0.1, -0.05) is 6.07 Å². The smallest absolute Gasteiger partial charge is 0.293 e. The van der Waals surface area contributed by atoms with Gasteiger partial charge in [-0.25, -0.2) is 9.97 Å². The summed E-state index contributed by atoms with van der Waals surface area (Å²) in [5.41, 5.74) is 2.05. The van der Waals surface area contributed by atoms with Gasteiger partial charge in [-0.15, -0.1) is 0 Å². The zero-order valence-corrected chi connectivity index (χ0v) is 12.1. The summed E-state index contributed by atoms with van der Waals surface area (Å²) in [7, 11) is 0. The summed E-state index contributed by atoms with van der Waals surface area (Å²) < 4.78 is 37.5. The summed E-state index contributed by atoms with van der Waals surface area (Å²) in [6, 6.07) is 2.51. The van der Waals surface area contributed by atoms with Crippen LogP contribution in [0, 0.1) is 6.92 Å². The van der Waals surface area contributed by atoms with Gasteiger partial charge in [0.05, 0.1) is 5.69 Å². The Balaban J connectivity index is 1.69. The lowest BCUT2D eigenvalue weighted by Gasteiger charge is -2.27. The summed E-state index contributed by atoms with van der Waals surface area (Å²) in [6.07, 6.45) is -0.390. The molecule has 0 amide bonds. The average molecular weight is 308 g/mol. The Morgan fingerprint density at radius 2 is 2.00 bits per heavy atom. The number of hydrogen-bond donors (Lipinski definition) is 0. The first-order valence-electron chi connectivity index (χ1n) is 6.98. The van der Waals surface area contributed by atoms with Gasteiger partial charge in [-0.2, -0.15) is 13.2 Å². The van der Waals surface area contributed by atoms with Gasteiger partial charge in [0.2, 0.25) is 0 Å². The van der Waals surface area contributed by atoms with Crippen LogP contribution in [-0.4, -0.2) is 26.4 Å². The predicted octanol–water partition coefficient (Wildman–Crippen LogP) is 2.76. The van der Waals surface area contributed by atoms with Crippen LogP contribution in [-0.2, 0) is 25.7 Å². The van der Waals surface area contributed by atoms with Gasteiger partial charge in [0.1, 0.15) is 11.5 Å². The largest absolute Gasteiger partial charge is 0.433 e. The standard InChI is InChI=1S/C15H15F3N4/c1-10-19-7-12-4-5-22(9-13(12)21-10)8-11-2-3-14(20-6-11)15(16,17)18/h2-3,6-7H,4-5,8-9H2,1H3. The van der Waals surface area contributed by atoms with Crippen molar-refractivity contribution in [1.82, 2.24) is 19.9 Å². The number of pyridine rings is 1. The maximum Gasteiger partial charge on any atom is 0.433 e. The number of hydrogen-bond acceptors (Lipinski definition) is 4. The molecule has 0 N–H and O–H groups in total. The molecule has 0 radical (unpaired) electrons. The second kappa shape index (κ2) is 5.64. The Bertz CT molecular complexity index is 667. The first-order valence-corrected chi connectivity index (χ1v) is 6.98. The van der Waals surface area contributed by atoms with Crippen molar-refractivity contribution in [2.24, 2.45) is 0 Å². The van der Waals surface area contributed by atoms with Gasteiger partial charge in [0, 0.05) is 32.0 Å². The molecule has 2 aromatic rings. The number of aryl methyl sites for hydroxylation is 1. The number of alkyl halides is 3. The Morgan fingerprint density at radius 1 is 1.18 bits per heavy atom. The van der Waals surface area contributed by atoms with E-state index in [1.54, 1.807) is 0 Å². The summed E-state index contributed by atoms with van der Waals surface area (Å²) in [5, 5.41) is 0. The molecule has 116 valence electrons. The normalized spacial score (nSPS) is 15.6. The molecule has 0 saturated carbocycles. The van der Waals surface area contributed by atoms with Gasteiger partial charge in [0.15, 0.2) is 0 Å². The highest BCUT2D eigenvalue weighted by molar-refractivity contribution is 5.21. The van der Waals surface area contributed by atoms with E-state index in [2.05, 4.69) is 19.9 Å². The van der Waals surface area contributed by atoms with Crippen molar-refractivity contribution in [3.63, 3.8) is 0 Å². The summed E-state index contributed by atoms with van der Waals surface area (Å²) in [5.74, 6) is 0.733. The molecule has 0 atom stereocenters. The Kier molecular flexibility index (Phi) is 3.82. The Morgan fingerprint density at radius 3 is 2.68 bits per heavy atom. The number of halogens is 3. The summed E-state index contributed by atoms with van der Waals surface area (Å²) in [4.78, 5) is 14.3. The third-order valence-corrected chi connectivity index (χ3v) is 3.67. The second-order valence-electron chi connectivity index (χ2n) is 5.40. The molecule has 7 heteroatoms. The van der Waals surface area contributed by atoms with Crippen LogP contribution in [0.2, 0.25) is 0 Å². The Hall–Kier alpha value is -2.02.